The predicted molar refractivity (Wildman–Crippen MR) is 93.6 cm³/mol. The monoisotopic (exact) mass is 339 g/mol. The van der Waals surface area contributed by atoms with Crippen LogP contribution >= 0.6 is 0 Å². The molecule has 4 rings (SSSR count). The van der Waals surface area contributed by atoms with Crippen LogP contribution in [0.1, 0.15) is 18.5 Å². The largest absolute Gasteiger partial charge is 0.341 e. The molecule has 1 aromatic carbocycles. The number of aromatic amines is 1. The Morgan fingerprint density at radius 3 is 2.72 bits per heavy atom. The van der Waals surface area contributed by atoms with Gasteiger partial charge in [-0.1, -0.05) is 6.07 Å². The Bertz CT molecular complexity index is 972. The molecule has 0 saturated carbocycles. The maximum atomic E-state index is 13.4. The molecule has 2 aromatic heterocycles. The van der Waals surface area contributed by atoms with Gasteiger partial charge in [0.05, 0.1) is 17.1 Å². The van der Waals surface area contributed by atoms with Crippen molar-refractivity contribution >= 4 is 5.95 Å². The van der Waals surface area contributed by atoms with E-state index in [1.165, 1.54) is 22.9 Å². The second-order valence-corrected chi connectivity index (χ2v) is 6.19. The van der Waals surface area contributed by atoms with Gasteiger partial charge < -0.3 is 4.90 Å². The molecular weight excluding hydrogens is 321 g/mol. The van der Waals surface area contributed by atoms with Crippen molar-refractivity contribution in [2.75, 3.05) is 18.0 Å². The number of halogens is 1. The summed E-state index contributed by atoms with van der Waals surface area (Å²) >= 11 is 0. The van der Waals surface area contributed by atoms with Crippen LogP contribution in [0.5, 0.6) is 0 Å². The summed E-state index contributed by atoms with van der Waals surface area (Å²) in [6.45, 7) is 3.85. The lowest BCUT2D eigenvalue weighted by atomic mass is 10.2. The summed E-state index contributed by atoms with van der Waals surface area (Å²) in [6.07, 6.45) is 4.05. The second-order valence-electron chi connectivity index (χ2n) is 6.19. The van der Waals surface area contributed by atoms with E-state index >= 15 is 0 Å². The highest BCUT2D eigenvalue weighted by atomic mass is 19.1. The Morgan fingerprint density at radius 2 is 2.00 bits per heavy atom. The van der Waals surface area contributed by atoms with Crippen molar-refractivity contribution in [3.05, 3.63) is 58.4 Å². The molecule has 1 N–H and O–H groups in total. The van der Waals surface area contributed by atoms with Crippen molar-refractivity contribution < 1.29 is 4.39 Å². The van der Waals surface area contributed by atoms with Gasteiger partial charge in [-0.2, -0.15) is 0 Å². The molecule has 0 unspecified atom stereocenters. The second kappa shape index (κ2) is 6.16. The van der Waals surface area contributed by atoms with Crippen LogP contribution < -0.4 is 10.5 Å². The van der Waals surface area contributed by atoms with Gasteiger partial charge in [0.15, 0.2) is 0 Å². The van der Waals surface area contributed by atoms with Crippen LogP contribution in [-0.2, 0) is 0 Å². The van der Waals surface area contributed by atoms with E-state index in [9.17, 15) is 9.18 Å². The zero-order chi connectivity index (χ0) is 17.4. The van der Waals surface area contributed by atoms with E-state index < -0.39 is 5.82 Å². The number of nitrogens with one attached hydrogen (secondary N) is 1. The molecule has 1 aliphatic rings. The number of hydrogen-bond donors (Lipinski definition) is 1. The summed E-state index contributed by atoms with van der Waals surface area (Å²) in [5.74, 6) is 0.334. The number of aryl methyl sites for hydroxylation is 1. The fraction of sp³-hybridized carbons (Fsp3) is 0.278. The zero-order valence-electron chi connectivity index (χ0n) is 13.9. The molecule has 3 aromatic rings. The fourth-order valence-corrected chi connectivity index (χ4v) is 3.13. The van der Waals surface area contributed by atoms with Crippen LogP contribution in [0.15, 0.2) is 41.3 Å². The Hall–Kier alpha value is -2.96. The van der Waals surface area contributed by atoms with Crippen LogP contribution in [-0.4, -0.2) is 32.8 Å². The van der Waals surface area contributed by atoms with Crippen LogP contribution in [0.2, 0.25) is 0 Å². The fourth-order valence-electron chi connectivity index (χ4n) is 3.13. The quantitative estimate of drug-likeness (QED) is 0.797. The van der Waals surface area contributed by atoms with Crippen LogP contribution in [0.3, 0.4) is 0 Å². The first kappa shape index (κ1) is 15.6. The van der Waals surface area contributed by atoms with Gasteiger partial charge in [0.2, 0.25) is 5.95 Å². The third-order valence-corrected chi connectivity index (χ3v) is 4.43. The van der Waals surface area contributed by atoms with Gasteiger partial charge >= 0.3 is 0 Å². The van der Waals surface area contributed by atoms with Crippen molar-refractivity contribution in [1.82, 2.24) is 19.7 Å². The minimum absolute atomic E-state index is 0.261. The first-order chi connectivity index (χ1) is 12.1. The number of hydrogen-bond acceptors (Lipinski definition) is 4. The van der Waals surface area contributed by atoms with E-state index in [0.29, 0.717) is 11.4 Å². The van der Waals surface area contributed by atoms with Gasteiger partial charge in [-0.3, -0.25) is 9.89 Å². The smallest absolute Gasteiger partial charge is 0.271 e. The Labute approximate surface area is 143 Å². The molecule has 0 amide bonds. The van der Waals surface area contributed by atoms with Crippen LogP contribution in [0.4, 0.5) is 10.3 Å². The first-order valence-electron chi connectivity index (χ1n) is 8.29. The minimum Gasteiger partial charge on any atom is -0.341 e. The molecule has 0 atom stereocenters. The van der Waals surface area contributed by atoms with E-state index in [-0.39, 0.29) is 5.56 Å². The van der Waals surface area contributed by atoms with Gasteiger partial charge in [0, 0.05) is 30.9 Å². The Morgan fingerprint density at radius 1 is 1.20 bits per heavy atom. The highest BCUT2D eigenvalue weighted by Crippen LogP contribution is 2.22. The van der Waals surface area contributed by atoms with E-state index in [2.05, 4.69) is 20.0 Å². The Balaban J connectivity index is 1.71. The molecule has 6 nitrogen and oxygen atoms in total. The van der Waals surface area contributed by atoms with Gasteiger partial charge in [-0.15, -0.1) is 0 Å². The van der Waals surface area contributed by atoms with Crippen molar-refractivity contribution in [2.24, 2.45) is 0 Å². The molecular formula is C18H18FN5O. The van der Waals surface area contributed by atoms with Gasteiger partial charge in [0.1, 0.15) is 5.82 Å². The maximum Gasteiger partial charge on any atom is 0.271 e. The van der Waals surface area contributed by atoms with Crippen molar-refractivity contribution in [3.63, 3.8) is 0 Å². The number of H-pyrrole nitrogens is 1. The number of rotatable bonds is 3. The lowest BCUT2D eigenvalue weighted by molar-refractivity contribution is 0.625. The summed E-state index contributed by atoms with van der Waals surface area (Å²) in [5, 5.41) is 3.01. The van der Waals surface area contributed by atoms with Crippen LogP contribution in [0, 0.1) is 12.7 Å². The van der Waals surface area contributed by atoms with E-state index in [1.54, 1.807) is 18.3 Å². The first-order valence-corrected chi connectivity index (χ1v) is 8.29. The molecule has 128 valence electrons. The number of benzene rings is 1. The lowest BCUT2D eigenvalue weighted by Gasteiger charge is -2.16. The van der Waals surface area contributed by atoms with E-state index in [1.807, 2.05) is 6.92 Å². The summed E-state index contributed by atoms with van der Waals surface area (Å²) in [6, 6.07) is 7.36. The molecule has 25 heavy (non-hydrogen) atoms. The summed E-state index contributed by atoms with van der Waals surface area (Å²) < 4.78 is 14.7. The van der Waals surface area contributed by atoms with Crippen molar-refractivity contribution in [3.8, 4) is 16.9 Å². The summed E-state index contributed by atoms with van der Waals surface area (Å²) in [4.78, 5) is 23.5. The zero-order valence-corrected chi connectivity index (χ0v) is 13.9. The molecule has 7 heteroatoms. The topological polar surface area (TPSA) is 66.8 Å². The molecule has 0 bridgehead atoms. The summed E-state index contributed by atoms with van der Waals surface area (Å²) in [7, 11) is 0. The molecule has 0 aliphatic carbocycles. The third-order valence-electron chi connectivity index (χ3n) is 4.43. The summed E-state index contributed by atoms with van der Waals surface area (Å²) in [5.41, 5.74) is 2.35. The molecule has 0 radical (unpaired) electrons. The van der Waals surface area contributed by atoms with Gasteiger partial charge in [-0.25, -0.2) is 19.0 Å². The molecule has 1 fully saturated rings. The molecule has 3 heterocycles. The predicted octanol–water partition coefficient (Wildman–Crippen LogP) is 2.67. The van der Waals surface area contributed by atoms with E-state index in [0.717, 1.165) is 43.1 Å². The Kier molecular flexibility index (Phi) is 3.83. The number of aromatic nitrogens is 4. The van der Waals surface area contributed by atoms with Gasteiger partial charge in [0.25, 0.3) is 5.56 Å². The average molecular weight is 339 g/mol. The maximum absolute atomic E-state index is 13.4. The molecule has 1 aliphatic heterocycles. The van der Waals surface area contributed by atoms with Crippen LogP contribution in [0.25, 0.3) is 16.9 Å². The van der Waals surface area contributed by atoms with Gasteiger partial charge in [-0.05, 0) is 38.0 Å². The molecule has 1 saturated heterocycles. The minimum atomic E-state index is -0.393. The normalized spacial score (nSPS) is 14.2. The number of nitrogens with zero attached hydrogens (tertiary/aromatic N) is 4. The third kappa shape index (κ3) is 2.93. The lowest BCUT2D eigenvalue weighted by Crippen LogP contribution is -2.20. The van der Waals surface area contributed by atoms with Crippen molar-refractivity contribution in [2.45, 2.75) is 19.8 Å². The molecule has 0 spiro atoms. The average Bonchev–Trinajstić information content (AvgIpc) is 3.24. The highest BCUT2D eigenvalue weighted by Gasteiger charge is 2.17. The highest BCUT2D eigenvalue weighted by molar-refractivity contribution is 5.61. The SMILES string of the molecule is Cc1nc(N2CCCC2)ncc1-c1cc(=O)n(-c2cccc(F)c2)[nH]1. The number of anilines is 1. The standard InChI is InChI=1S/C18H18FN5O/c1-12-15(11-20-18(21-12)23-7-2-3-8-23)16-10-17(25)24(22-16)14-6-4-5-13(19)9-14/h4-6,9-11,22H,2-3,7-8H2,1H3. The van der Waals surface area contributed by atoms with Crippen molar-refractivity contribution in [1.29, 1.82) is 0 Å². The van der Waals surface area contributed by atoms with E-state index in [4.69, 9.17) is 0 Å².